The molecule has 0 aliphatic carbocycles. The van der Waals surface area contributed by atoms with E-state index in [1.54, 1.807) is 56.8 Å². The minimum Gasteiger partial charge on any atom is -0.497 e. The lowest BCUT2D eigenvalue weighted by Gasteiger charge is -2.20. The third-order valence-corrected chi connectivity index (χ3v) is 6.09. The van der Waals surface area contributed by atoms with E-state index in [2.05, 4.69) is 15.4 Å². The van der Waals surface area contributed by atoms with Crippen molar-refractivity contribution in [3.05, 3.63) is 84.1 Å². The number of fused-ring (bicyclic) bond motifs is 1. The van der Waals surface area contributed by atoms with Gasteiger partial charge in [-0.05, 0) is 56.7 Å². The first kappa shape index (κ1) is 27.4. The molecule has 0 unspecified atom stereocenters. The molecule has 3 heterocycles. The Kier molecular flexibility index (Phi) is 7.43. The van der Waals surface area contributed by atoms with Gasteiger partial charge in [-0.15, -0.1) is 0 Å². The number of rotatable bonds is 7. The molecule has 5 aromatic rings. The second kappa shape index (κ2) is 11.1. The molecule has 0 bridgehead atoms. The zero-order chi connectivity index (χ0) is 29.1. The van der Waals surface area contributed by atoms with E-state index in [4.69, 9.17) is 19.2 Å². The van der Waals surface area contributed by atoms with Gasteiger partial charge in [0.15, 0.2) is 11.6 Å². The number of carbonyl (C=O) groups is 2. The summed E-state index contributed by atoms with van der Waals surface area (Å²) in [4.78, 5) is 35.4. The van der Waals surface area contributed by atoms with Crippen LogP contribution in [0.2, 0.25) is 0 Å². The number of aromatic nitrogens is 5. The fraction of sp³-hybridized carbons (Fsp3) is 0.233. The Hall–Kier alpha value is -5.19. The van der Waals surface area contributed by atoms with Crippen LogP contribution in [0, 0.1) is 0 Å². The topological polar surface area (TPSA) is 122 Å². The van der Waals surface area contributed by atoms with Gasteiger partial charge in [0.1, 0.15) is 17.0 Å². The molecule has 210 valence electrons. The Morgan fingerprint density at radius 2 is 1.71 bits per heavy atom. The van der Waals surface area contributed by atoms with Gasteiger partial charge in [-0.3, -0.25) is 9.48 Å². The number of methoxy groups -OCH3 is 2. The molecule has 11 heteroatoms. The lowest BCUT2D eigenvalue weighted by atomic mass is 10.2. The van der Waals surface area contributed by atoms with Crippen molar-refractivity contribution in [1.82, 2.24) is 24.3 Å². The first-order valence-corrected chi connectivity index (χ1v) is 12.9. The molecule has 0 spiro atoms. The van der Waals surface area contributed by atoms with E-state index in [-0.39, 0.29) is 5.82 Å². The van der Waals surface area contributed by atoms with Gasteiger partial charge in [-0.2, -0.15) is 5.10 Å². The van der Waals surface area contributed by atoms with Crippen LogP contribution >= 0.6 is 0 Å². The van der Waals surface area contributed by atoms with Crippen molar-refractivity contribution in [2.24, 2.45) is 0 Å². The minimum atomic E-state index is -0.728. The van der Waals surface area contributed by atoms with E-state index < -0.39 is 17.6 Å². The van der Waals surface area contributed by atoms with Gasteiger partial charge in [-0.25, -0.2) is 19.3 Å². The summed E-state index contributed by atoms with van der Waals surface area (Å²) >= 11 is 0. The Morgan fingerprint density at radius 1 is 0.951 bits per heavy atom. The molecule has 1 amide bonds. The van der Waals surface area contributed by atoms with E-state index in [1.165, 1.54) is 17.9 Å². The summed E-state index contributed by atoms with van der Waals surface area (Å²) < 4.78 is 19.2. The van der Waals surface area contributed by atoms with Gasteiger partial charge < -0.3 is 19.5 Å². The summed E-state index contributed by atoms with van der Waals surface area (Å²) in [7, 11) is 3.11. The van der Waals surface area contributed by atoms with E-state index in [9.17, 15) is 9.59 Å². The predicted octanol–water partition coefficient (Wildman–Crippen LogP) is 5.40. The summed E-state index contributed by atoms with van der Waals surface area (Å²) in [5, 5.41) is 7.50. The highest BCUT2D eigenvalue weighted by Crippen LogP contribution is 2.29. The normalized spacial score (nSPS) is 11.3. The molecule has 41 heavy (non-hydrogen) atoms. The molecule has 1 N–H and O–H groups in total. The molecule has 11 nitrogen and oxygen atoms in total. The minimum absolute atomic E-state index is 0.275. The monoisotopic (exact) mass is 554 g/mol. The molecule has 0 aliphatic rings. The zero-order valence-electron chi connectivity index (χ0n) is 23.4. The van der Waals surface area contributed by atoms with Crippen molar-refractivity contribution in [1.29, 1.82) is 0 Å². The van der Waals surface area contributed by atoms with Crippen LogP contribution in [0.5, 0.6) is 11.6 Å². The van der Waals surface area contributed by atoms with Gasteiger partial charge >= 0.3 is 6.09 Å². The fourth-order valence-electron chi connectivity index (χ4n) is 4.20. The molecule has 0 aliphatic heterocycles. The van der Waals surface area contributed by atoms with E-state index >= 15 is 0 Å². The van der Waals surface area contributed by atoms with Crippen molar-refractivity contribution in [3.63, 3.8) is 0 Å². The Labute approximate surface area is 236 Å². The van der Waals surface area contributed by atoms with E-state index in [1.807, 2.05) is 42.5 Å². The maximum atomic E-state index is 13.5. The first-order chi connectivity index (χ1) is 19.6. The maximum Gasteiger partial charge on any atom is 0.420 e. The first-order valence-electron chi connectivity index (χ1n) is 12.9. The molecular weight excluding hydrogens is 524 g/mol. The SMILES string of the molecule is COc1ccc(Cn2nc(NC(=O)c3ccc(OC)nc3)cc2-c2nc3ccccc3n2C(=O)OC(C)(C)C)cc1. The lowest BCUT2D eigenvalue weighted by Crippen LogP contribution is -2.27. The van der Waals surface area contributed by atoms with Crippen LogP contribution in [0.3, 0.4) is 0 Å². The van der Waals surface area contributed by atoms with Crippen LogP contribution in [0.15, 0.2) is 72.9 Å². The van der Waals surface area contributed by atoms with Crippen LogP contribution in [0.4, 0.5) is 10.6 Å². The number of imidazole rings is 1. The van der Waals surface area contributed by atoms with E-state index in [0.717, 1.165) is 11.3 Å². The number of nitrogens with zero attached hydrogens (tertiary/aromatic N) is 5. The quantitative estimate of drug-likeness (QED) is 0.284. The largest absolute Gasteiger partial charge is 0.497 e. The van der Waals surface area contributed by atoms with Crippen LogP contribution in [0.1, 0.15) is 36.7 Å². The smallest absolute Gasteiger partial charge is 0.420 e. The summed E-state index contributed by atoms with van der Waals surface area (Å²) in [6.45, 7) is 5.74. The van der Waals surface area contributed by atoms with E-state index in [0.29, 0.717) is 40.5 Å². The summed E-state index contributed by atoms with van der Waals surface area (Å²) in [6.07, 6.45) is 0.846. The van der Waals surface area contributed by atoms with Crippen LogP contribution in [0.25, 0.3) is 22.6 Å². The van der Waals surface area contributed by atoms with Gasteiger partial charge in [-0.1, -0.05) is 24.3 Å². The lowest BCUT2D eigenvalue weighted by molar-refractivity contribution is 0.0546. The predicted molar refractivity (Wildman–Crippen MR) is 153 cm³/mol. The summed E-state index contributed by atoms with van der Waals surface area (Å²) in [5.41, 5.74) is 2.23. The Bertz CT molecular complexity index is 1700. The molecule has 5 rings (SSSR count). The number of hydrogen-bond donors (Lipinski definition) is 1. The van der Waals surface area contributed by atoms with Crippen LogP contribution in [-0.4, -0.2) is 56.1 Å². The molecule has 0 saturated heterocycles. The van der Waals surface area contributed by atoms with Crippen molar-refractivity contribution in [2.75, 3.05) is 19.5 Å². The molecule has 0 fully saturated rings. The number of carbonyl (C=O) groups excluding carboxylic acids is 2. The highest BCUT2D eigenvalue weighted by atomic mass is 16.6. The van der Waals surface area contributed by atoms with Gasteiger partial charge in [0, 0.05) is 18.3 Å². The summed E-state index contributed by atoms with van der Waals surface area (Å²) in [6, 6.07) is 19.7. The third kappa shape index (κ3) is 6.03. The van der Waals surface area contributed by atoms with Crippen LogP contribution < -0.4 is 14.8 Å². The number of nitrogens with one attached hydrogen (secondary N) is 1. The van der Waals surface area contributed by atoms with Crippen LogP contribution in [-0.2, 0) is 11.3 Å². The number of pyridine rings is 1. The molecule has 0 saturated carbocycles. The number of benzene rings is 2. The highest BCUT2D eigenvalue weighted by Gasteiger charge is 2.26. The Morgan fingerprint density at radius 3 is 2.37 bits per heavy atom. The number of ether oxygens (including phenoxy) is 3. The number of para-hydroxylation sites is 2. The van der Waals surface area contributed by atoms with Crippen molar-refractivity contribution in [3.8, 4) is 23.1 Å². The molecular formula is C30H30N6O5. The second-order valence-electron chi connectivity index (χ2n) is 10.2. The maximum absolute atomic E-state index is 13.5. The van der Waals surface area contributed by atoms with Gasteiger partial charge in [0.2, 0.25) is 5.88 Å². The molecule has 2 aromatic carbocycles. The van der Waals surface area contributed by atoms with Crippen molar-refractivity contribution in [2.45, 2.75) is 32.9 Å². The highest BCUT2D eigenvalue weighted by molar-refractivity contribution is 6.04. The average molecular weight is 555 g/mol. The zero-order valence-corrected chi connectivity index (χ0v) is 23.4. The fourth-order valence-corrected chi connectivity index (χ4v) is 4.20. The number of hydrogen-bond acceptors (Lipinski definition) is 8. The average Bonchev–Trinajstić information content (AvgIpc) is 3.53. The second-order valence-corrected chi connectivity index (χ2v) is 10.2. The third-order valence-electron chi connectivity index (χ3n) is 6.09. The van der Waals surface area contributed by atoms with Gasteiger partial charge in [0.25, 0.3) is 5.91 Å². The molecule has 0 radical (unpaired) electrons. The standard InChI is InChI=1S/C30H30N6O5/c1-30(2,3)41-29(38)36-23-9-7-6-8-22(23)32-27(36)24-16-25(33-28(37)20-12-15-26(40-5)31-17-20)34-35(24)18-19-10-13-21(39-4)14-11-19/h6-17H,18H2,1-5H3,(H,33,34,37). The molecule has 3 aromatic heterocycles. The summed E-state index contributed by atoms with van der Waals surface area (Å²) in [5.74, 6) is 1.32. The van der Waals surface area contributed by atoms with Crippen molar-refractivity contribution >= 4 is 28.9 Å². The van der Waals surface area contributed by atoms with Crippen molar-refractivity contribution < 1.29 is 23.8 Å². The molecule has 0 atom stereocenters. The number of amides is 1. The number of anilines is 1. The Balaban J connectivity index is 1.59. The van der Waals surface area contributed by atoms with Gasteiger partial charge in [0.05, 0.1) is 37.4 Å².